The molecule has 0 radical (unpaired) electrons. The van der Waals surface area contributed by atoms with Crippen molar-refractivity contribution < 1.29 is 0 Å². The van der Waals surface area contributed by atoms with Gasteiger partial charge in [-0.15, -0.1) is 0 Å². The average molecular weight is 896 g/mol. The van der Waals surface area contributed by atoms with Crippen LogP contribution in [0.1, 0.15) is 65.5 Å². The van der Waals surface area contributed by atoms with E-state index in [1.165, 1.54) is 110 Å². The van der Waals surface area contributed by atoms with Crippen LogP contribution in [-0.2, 0) is 5.41 Å². The summed E-state index contributed by atoms with van der Waals surface area (Å²) in [6.45, 7) is 0. The maximum Gasteiger partial charge on any atom is 0.0722 e. The van der Waals surface area contributed by atoms with Crippen molar-refractivity contribution in [3.05, 3.63) is 273 Å². The topological polar surface area (TPSA) is 3.24 Å². The molecule has 0 amide bonds. The van der Waals surface area contributed by atoms with E-state index in [0.29, 0.717) is 11.8 Å². The molecule has 0 saturated carbocycles. The van der Waals surface area contributed by atoms with Crippen LogP contribution < -0.4 is 15.3 Å². The van der Waals surface area contributed by atoms with E-state index >= 15 is 0 Å². The Morgan fingerprint density at radius 2 is 1.16 bits per heavy atom. The fourth-order valence-corrected chi connectivity index (χ4v) is 14.4. The van der Waals surface area contributed by atoms with E-state index in [1.807, 2.05) is 0 Å². The lowest BCUT2D eigenvalue weighted by atomic mass is 9.68. The number of hydrogen-bond donors (Lipinski definition) is 0. The molecule has 7 aromatic rings. The molecule has 1 aliphatic heterocycles. The minimum atomic E-state index is -0.328. The Kier molecular flexibility index (Phi) is 8.98. The summed E-state index contributed by atoms with van der Waals surface area (Å²) in [4.78, 5) is 2.71. The van der Waals surface area contributed by atoms with Crippen LogP contribution in [0, 0.1) is 17.8 Å². The molecule has 1 spiro atoms. The SMILES string of the molecule is C1=CCCC(c2c3c(c(-c4ccccc4)c4ccc(C5=CC6C7C=C(C8C=C9C(=CC8)c8ccccc8C98c9ccccc9-c9ccccc98)C=CC7N(c7ccccc7)C6C=C5)cc24)=CCCC=3)=C1. The highest BCUT2D eigenvalue weighted by Gasteiger charge is 2.54. The van der Waals surface area contributed by atoms with Crippen molar-refractivity contribution in [3.63, 3.8) is 0 Å². The molecule has 0 N–H and O–H groups in total. The molecule has 5 atom stereocenters. The minimum Gasteiger partial charge on any atom is -0.357 e. The maximum absolute atomic E-state index is 2.71. The van der Waals surface area contributed by atoms with E-state index in [2.05, 4.69) is 236 Å². The van der Waals surface area contributed by atoms with Crippen molar-refractivity contribution >= 4 is 45.3 Å². The lowest BCUT2D eigenvalue weighted by molar-refractivity contribution is 0.520. The first-order valence-corrected chi connectivity index (χ1v) is 25.8. The Labute approximate surface area is 411 Å². The van der Waals surface area contributed by atoms with Crippen LogP contribution in [0.5, 0.6) is 0 Å². The van der Waals surface area contributed by atoms with Gasteiger partial charge in [-0.05, 0) is 155 Å². The third-order valence-electron chi connectivity index (χ3n) is 17.3. The highest BCUT2D eigenvalue weighted by Crippen LogP contribution is 2.65. The average Bonchev–Trinajstić information content (AvgIpc) is 4.04. The number of nitrogens with zero attached hydrogens (tertiary/aromatic N) is 1. The molecule has 7 aliphatic carbocycles. The summed E-state index contributed by atoms with van der Waals surface area (Å²) in [6, 6.07) is 57.8. The molecule has 1 heteroatoms. The summed E-state index contributed by atoms with van der Waals surface area (Å²) >= 11 is 0. The van der Waals surface area contributed by atoms with Crippen LogP contribution in [0.2, 0.25) is 0 Å². The largest absolute Gasteiger partial charge is 0.357 e. The molecule has 70 heavy (non-hydrogen) atoms. The highest BCUT2D eigenvalue weighted by molar-refractivity contribution is 6.06. The molecular formula is C69H53N. The second-order valence-corrected chi connectivity index (χ2v) is 20.7. The molecule has 7 aromatic carbocycles. The van der Waals surface area contributed by atoms with Gasteiger partial charge in [0.25, 0.3) is 0 Å². The predicted molar refractivity (Wildman–Crippen MR) is 293 cm³/mol. The number of anilines is 1. The lowest BCUT2D eigenvalue weighted by Crippen LogP contribution is -2.37. The van der Waals surface area contributed by atoms with Crippen LogP contribution in [0.3, 0.4) is 0 Å². The van der Waals surface area contributed by atoms with Crippen LogP contribution in [-0.4, -0.2) is 12.1 Å². The van der Waals surface area contributed by atoms with Gasteiger partial charge >= 0.3 is 0 Å². The summed E-state index contributed by atoms with van der Waals surface area (Å²) in [5.41, 5.74) is 21.8. The van der Waals surface area contributed by atoms with Gasteiger partial charge in [0.05, 0.1) is 17.5 Å². The second kappa shape index (κ2) is 15.6. The fraction of sp³-hybridized carbons (Fsp3) is 0.159. The smallest absolute Gasteiger partial charge is 0.0722 e. The number of rotatable bonds is 5. The summed E-state index contributed by atoms with van der Waals surface area (Å²) < 4.78 is 0. The van der Waals surface area contributed by atoms with Crippen molar-refractivity contribution in [2.75, 3.05) is 4.90 Å². The van der Waals surface area contributed by atoms with Gasteiger partial charge in [0.15, 0.2) is 0 Å². The standard InChI is InChI=1S/C69H53N/c1-4-18-44(19-5-1)67-55-27-10-11-28-56(55)68(45-20-6-2-7-21-45)60-42-46(33-37-57(60)67)47-34-38-65-58(40-47)59-41-48(35-39-66(59)70(65)50-22-8-3-9-23-50)49-32-36-54-53-26-14-17-31-63(53)69(64(54)43-49)61-29-15-12-24-51(61)52-25-13-16-30-62(52)69/h1-6,8-9,12-20,22-31,33-43,49,58-59,65-66H,7,10-11,21,32H2. The van der Waals surface area contributed by atoms with E-state index in [0.717, 1.165) is 32.1 Å². The van der Waals surface area contributed by atoms with Gasteiger partial charge in [0.2, 0.25) is 0 Å². The van der Waals surface area contributed by atoms with Gasteiger partial charge in [-0.1, -0.05) is 212 Å². The Bertz CT molecular complexity index is 3720. The van der Waals surface area contributed by atoms with Crippen molar-refractivity contribution in [1.82, 2.24) is 0 Å². The summed E-state index contributed by atoms with van der Waals surface area (Å²) in [5, 5.41) is 5.54. The predicted octanol–water partition coefficient (Wildman–Crippen LogP) is 14.9. The third-order valence-corrected chi connectivity index (χ3v) is 17.3. The number of hydrogen-bond acceptors (Lipinski definition) is 1. The monoisotopic (exact) mass is 895 g/mol. The minimum absolute atomic E-state index is 0.244. The number of benzene rings is 7. The molecular weight excluding hydrogens is 843 g/mol. The number of fused-ring (bicyclic) bond motifs is 15. The normalized spacial score (nSPS) is 23.6. The van der Waals surface area contributed by atoms with E-state index in [1.54, 1.807) is 0 Å². The van der Waals surface area contributed by atoms with Gasteiger partial charge in [-0.2, -0.15) is 0 Å². The summed E-state index contributed by atoms with van der Waals surface area (Å²) in [7, 11) is 0. The van der Waals surface area contributed by atoms with Crippen molar-refractivity contribution in [1.29, 1.82) is 0 Å². The molecule has 8 aliphatic rings. The van der Waals surface area contributed by atoms with Crippen LogP contribution in [0.4, 0.5) is 5.69 Å². The quantitative estimate of drug-likeness (QED) is 0.166. The van der Waals surface area contributed by atoms with Crippen molar-refractivity contribution in [2.45, 2.75) is 49.6 Å². The molecule has 1 saturated heterocycles. The van der Waals surface area contributed by atoms with Gasteiger partial charge < -0.3 is 4.90 Å². The summed E-state index contributed by atoms with van der Waals surface area (Å²) in [6.07, 6.45) is 38.0. The Balaban J connectivity index is 0.867. The van der Waals surface area contributed by atoms with Crippen LogP contribution >= 0.6 is 0 Å². The second-order valence-electron chi connectivity index (χ2n) is 20.7. The molecule has 1 fully saturated rings. The Morgan fingerprint density at radius 1 is 0.514 bits per heavy atom. The molecule has 0 aromatic heterocycles. The summed E-state index contributed by atoms with van der Waals surface area (Å²) in [5.74, 6) is 0.889. The molecule has 1 nitrogen and oxygen atoms in total. The number of allylic oxidation sites excluding steroid dienone is 12. The van der Waals surface area contributed by atoms with E-state index < -0.39 is 0 Å². The fourth-order valence-electron chi connectivity index (χ4n) is 14.4. The molecule has 0 bridgehead atoms. The van der Waals surface area contributed by atoms with Crippen molar-refractivity contribution in [2.24, 2.45) is 17.8 Å². The third kappa shape index (κ3) is 5.72. The first-order chi connectivity index (χ1) is 34.7. The zero-order chi connectivity index (χ0) is 45.9. The Morgan fingerprint density at radius 3 is 1.89 bits per heavy atom. The Hall–Kier alpha value is -7.74. The van der Waals surface area contributed by atoms with Gasteiger partial charge in [-0.25, -0.2) is 0 Å². The van der Waals surface area contributed by atoms with E-state index in [-0.39, 0.29) is 23.4 Å². The molecule has 1 heterocycles. The van der Waals surface area contributed by atoms with Crippen LogP contribution in [0.25, 0.3) is 61.9 Å². The zero-order valence-electron chi connectivity index (χ0n) is 39.3. The number of para-hydroxylation sites is 1. The molecule has 334 valence electrons. The lowest BCUT2D eigenvalue weighted by Gasteiger charge is -2.34. The van der Waals surface area contributed by atoms with Gasteiger partial charge in [0, 0.05) is 23.4 Å². The molecule has 15 rings (SSSR count). The maximum atomic E-state index is 2.71. The van der Waals surface area contributed by atoms with Gasteiger partial charge in [0.1, 0.15) is 0 Å². The highest BCUT2D eigenvalue weighted by atomic mass is 15.2. The van der Waals surface area contributed by atoms with E-state index in [4.69, 9.17) is 0 Å². The van der Waals surface area contributed by atoms with Gasteiger partial charge in [-0.3, -0.25) is 0 Å². The van der Waals surface area contributed by atoms with E-state index in [9.17, 15) is 0 Å². The van der Waals surface area contributed by atoms with Crippen LogP contribution in [0.15, 0.2) is 230 Å². The first kappa shape index (κ1) is 40.2. The molecule has 5 unspecified atom stereocenters. The van der Waals surface area contributed by atoms with Crippen molar-refractivity contribution in [3.8, 4) is 22.3 Å². The zero-order valence-corrected chi connectivity index (χ0v) is 39.3. The first-order valence-electron chi connectivity index (χ1n) is 25.8.